The molecule has 1 aliphatic heterocycles. The Morgan fingerprint density at radius 2 is 2.39 bits per heavy atom. The fraction of sp³-hybridized carbons (Fsp3) is 0.538. The van der Waals surface area contributed by atoms with E-state index in [1.165, 1.54) is 6.07 Å². The lowest BCUT2D eigenvalue weighted by Crippen LogP contribution is -2.44. The van der Waals surface area contributed by atoms with Crippen LogP contribution < -0.4 is 5.32 Å². The molecule has 1 atom stereocenters. The minimum Gasteiger partial charge on any atom is -0.374 e. The van der Waals surface area contributed by atoms with Crippen molar-refractivity contribution in [2.45, 2.75) is 12.6 Å². The van der Waals surface area contributed by atoms with Crippen LogP contribution in [-0.4, -0.2) is 44.3 Å². The van der Waals surface area contributed by atoms with Crippen LogP contribution in [-0.2, 0) is 11.3 Å². The first kappa shape index (κ1) is 13.7. The highest BCUT2D eigenvalue weighted by molar-refractivity contribution is 6.30. The molecule has 1 saturated heterocycles. The second-order valence-corrected chi connectivity index (χ2v) is 5.04. The zero-order chi connectivity index (χ0) is 13.0. The Labute approximate surface area is 112 Å². The number of benzene rings is 1. The summed E-state index contributed by atoms with van der Waals surface area (Å²) in [5, 5.41) is 3.44. The summed E-state index contributed by atoms with van der Waals surface area (Å²) >= 11 is 5.63. The molecule has 1 N–H and O–H groups in total. The van der Waals surface area contributed by atoms with Gasteiger partial charge in [0, 0.05) is 26.2 Å². The molecule has 0 amide bonds. The smallest absolute Gasteiger partial charge is 0.142 e. The van der Waals surface area contributed by atoms with Gasteiger partial charge in [-0.2, -0.15) is 0 Å². The van der Waals surface area contributed by atoms with E-state index in [0.29, 0.717) is 6.54 Å². The van der Waals surface area contributed by atoms with Crippen LogP contribution in [0.4, 0.5) is 4.39 Å². The summed E-state index contributed by atoms with van der Waals surface area (Å²) in [5.41, 5.74) is 0.890. The molecule has 1 heterocycles. The number of rotatable bonds is 4. The van der Waals surface area contributed by atoms with Crippen LogP contribution >= 0.6 is 11.6 Å². The largest absolute Gasteiger partial charge is 0.374 e. The average molecular weight is 273 g/mol. The number of morpholine rings is 1. The van der Waals surface area contributed by atoms with E-state index >= 15 is 0 Å². The maximum Gasteiger partial charge on any atom is 0.142 e. The molecule has 1 aromatic carbocycles. The summed E-state index contributed by atoms with van der Waals surface area (Å²) in [6.45, 7) is 4.09. The zero-order valence-electron chi connectivity index (χ0n) is 10.5. The molecule has 0 saturated carbocycles. The Morgan fingerprint density at radius 1 is 1.56 bits per heavy atom. The molecule has 0 bridgehead atoms. The first-order valence-corrected chi connectivity index (χ1v) is 6.48. The summed E-state index contributed by atoms with van der Waals surface area (Å²) in [6.07, 6.45) is 0.209. The van der Waals surface area contributed by atoms with Gasteiger partial charge in [-0.25, -0.2) is 4.39 Å². The molecule has 18 heavy (non-hydrogen) atoms. The number of nitrogens with zero attached hydrogens (tertiary/aromatic N) is 1. The molecule has 2 rings (SSSR count). The van der Waals surface area contributed by atoms with Crippen molar-refractivity contribution in [2.24, 2.45) is 0 Å². The maximum absolute atomic E-state index is 13.2. The van der Waals surface area contributed by atoms with E-state index < -0.39 is 0 Å². The van der Waals surface area contributed by atoms with Crippen molar-refractivity contribution in [3.63, 3.8) is 0 Å². The van der Waals surface area contributed by atoms with Crippen LogP contribution in [0.25, 0.3) is 0 Å². The maximum atomic E-state index is 13.2. The van der Waals surface area contributed by atoms with Gasteiger partial charge in [-0.1, -0.05) is 17.7 Å². The van der Waals surface area contributed by atoms with Crippen LogP contribution in [0.1, 0.15) is 5.56 Å². The number of hydrogen-bond acceptors (Lipinski definition) is 3. The minimum atomic E-state index is -0.371. The van der Waals surface area contributed by atoms with E-state index in [0.717, 1.165) is 31.8 Å². The molecule has 0 spiro atoms. The highest BCUT2D eigenvalue weighted by Crippen LogP contribution is 2.15. The number of hydrogen-bond donors (Lipinski definition) is 1. The van der Waals surface area contributed by atoms with Gasteiger partial charge in [0.2, 0.25) is 0 Å². The van der Waals surface area contributed by atoms with Gasteiger partial charge in [-0.05, 0) is 24.7 Å². The normalized spacial score (nSPS) is 21.2. The van der Waals surface area contributed by atoms with Gasteiger partial charge in [0.1, 0.15) is 5.82 Å². The molecule has 5 heteroatoms. The fourth-order valence-corrected chi connectivity index (χ4v) is 2.13. The number of nitrogens with one attached hydrogen (secondary N) is 1. The molecular weight excluding hydrogens is 255 g/mol. The van der Waals surface area contributed by atoms with Crippen molar-refractivity contribution in [3.8, 4) is 0 Å². The highest BCUT2D eigenvalue weighted by Gasteiger charge is 2.16. The third kappa shape index (κ3) is 3.92. The molecule has 1 aliphatic rings. The molecule has 0 aliphatic carbocycles. The van der Waals surface area contributed by atoms with Crippen molar-refractivity contribution in [2.75, 3.05) is 33.3 Å². The predicted molar refractivity (Wildman–Crippen MR) is 70.4 cm³/mol. The average Bonchev–Trinajstić information content (AvgIpc) is 2.34. The van der Waals surface area contributed by atoms with E-state index in [4.69, 9.17) is 16.3 Å². The summed E-state index contributed by atoms with van der Waals surface area (Å²) in [4.78, 5) is 2.25. The second-order valence-electron chi connectivity index (χ2n) is 4.63. The third-order valence-electron chi connectivity index (χ3n) is 3.03. The second kappa shape index (κ2) is 6.48. The fourth-order valence-electron chi connectivity index (χ4n) is 2.02. The molecule has 0 unspecified atom stereocenters. The van der Waals surface area contributed by atoms with Crippen molar-refractivity contribution >= 4 is 11.6 Å². The van der Waals surface area contributed by atoms with Crippen molar-refractivity contribution in [1.29, 1.82) is 0 Å². The van der Waals surface area contributed by atoms with E-state index in [1.807, 2.05) is 6.07 Å². The van der Waals surface area contributed by atoms with E-state index in [9.17, 15) is 4.39 Å². The standard InChI is InChI=1S/C13H18ClFN2O/c1-17-4-5-18-11(9-17)8-16-7-10-2-3-12(14)13(15)6-10/h2-3,6,11,16H,4-5,7-9H2,1H3/t11-/m1/s1. The topological polar surface area (TPSA) is 24.5 Å². The van der Waals surface area contributed by atoms with Gasteiger partial charge in [0.05, 0.1) is 17.7 Å². The van der Waals surface area contributed by atoms with Crippen molar-refractivity contribution in [1.82, 2.24) is 10.2 Å². The monoisotopic (exact) mass is 272 g/mol. The lowest BCUT2D eigenvalue weighted by molar-refractivity contribution is -0.0182. The van der Waals surface area contributed by atoms with Crippen LogP contribution in [0.15, 0.2) is 18.2 Å². The van der Waals surface area contributed by atoms with Crippen LogP contribution in [0.5, 0.6) is 0 Å². The SMILES string of the molecule is CN1CCO[C@H](CNCc2ccc(Cl)c(F)c2)C1. The predicted octanol–water partition coefficient (Wildman–Crippen LogP) is 1.90. The van der Waals surface area contributed by atoms with Gasteiger partial charge in [-0.3, -0.25) is 0 Å². The lowest BCUT2D eigenvalue weighted by atomic mass is 10.2. The first-order valence-electron chi connectivity index (χ1n) is 6.10. The van der Waals surface area contributed by atoms with Crippen LogP contribution in [0, 0.1) is 5.82 Å². The Hall–Kier alpha value is -0.680. The molecule has 1 aromatic rings. The molecule has 0 aromatic heterocycles. The first-order chi connectivity index (χ1) is 8.65. The Morgan fingerprint density at radius 3 is 3.11 bits per heavy atom. The zero-order valence-corrected chi connectivity index (χ0v) is 11.2. The van der Waals surface area contributed by atoms with E-state index in [1.54, 1.807) is 6.07 Å². The molecular formula is C13H18ClFN2O. The summed E-state index contributed by atoms with van der Waals surface area (Å²) < 4.78 is 18.9. The van der Waals surface area contributed by atoms with Gasteiger partial charge in [0.15, 0.2) is 0 Å². The summed E-state index contributed by atoms with van der Waals surface area (Å²) in [5.74, 6) is -0.371. The van der Waals surface area contributed by atoms with Gasteiger partial charge in [0.25, 0.3) is 0 Å². The third-order valence-corrected chi connectivity index (χ3v) is 3.33. The minimum absolute atomic E-state index is 0.163. The van der Waals surface area contributed by atoms with E-state index in [-0.39, 0.29) is 16.9 Å². The molecule has 0 radical (unpaired) electrons. The van der Waals surface area contributed by atoms with Crippen molar-refractivity contribution in [3.05, 3.63) is 34.6 Å². The lowest BCUT2D eigenvalue weighted by Gasteiger charge is -2.30. The van der Waals surface area contributed by atoms with Crippen LogP contribution in [0.3, 0.4) is 0 Å². The molecule has 1 fully saturated rings. The summed E-state index contributed by atoms with van der Waals surface area (Å²) in [7, 11) is 2.09. The van der Waals surface area contributed by atoms with Crippen molar-refractivity contribution < 1.29 is 9.13 Å². The van der Waals surface area contributed by atoms with Crippen LogP contribution in [0.2, 0.25) is 5.02 Å². The summed E-state index contributed by atoms with van der Waals surface area (Å²) in [6, 6.07) is 4.87. The Balaban J connectivity index is 1.76. The molecule has 100 valence electrons. The highest BCUT2D eigenvalue weighted by atomic mass is 35.5. The number of likely N-dealkylation sites (N-methyl/N-ethyl adjacent to an activating group) is 1. The number of ether oxygens (including phenoxy) is 1. The number of halogens is 2. The quantitative estimate of drug-likeness (QED) is 0.906. The van der Waals surface area contributed by atoms with Gasteiger partial charge in [-0.15, -0.1) is 0 Å². The van der Waals surface area contributed by atoms with Gasteiger partial charge >= 0.3 is 0 Å². The molecule has 3 nitrogen and oxygen atoms in total. The van der Waals surface area contributed by atoms with E-state index in [2.05, 4.69) is 17.3 Å². The van der Waals surface area contributed by atoms with Gasteiger partial charge < -0.3 is 15.0 Å². The Kier molecular flexibility index (Phi) is 4.95. The Bertz CT molecular complexity index is 403.